The summed E-state index contributed by atoms with van der Waals surface area (Å²) in [6, 6.07) is 7.26. The fourth-order valence-electron chi connectivity index (χ4n) is 6.39. The molecule has 2 aromatic heterocycles. The number of nitrogens with zero attached hydrogens (tertiary/aromatic N) is 2. The van der Waals surface area contributed by atoms with E-state index in [2.05, 4.69) is 23.7 Å². The van der Waals surface area contributed by atoms with E-state index in [1.54, 1.807) is 17.2 Å². The van der Waals surface area contributed by atoms with E-state index in [1.165, 1.54) is 0 Å². The van der Waals surface area contributed by atoms with Gasteiger partial charge in [-0.1, -0.05) is 24.8 Å². The molecular formula is C35H45N2O6S-. The summed E-state index contributed by atoms with van der Waals surface area (Å²) in [6.07, 6.45) is 11.1. The van der Waals surface area contributed by atoms with Crippen LogP contribution in [0.5, 0.6) is 5.88 Å². The van der Waals surface area contributed by atoms with Crippen molar-refractivity contribution < 1.29 is 28.9 Å². The molecule has 2 aliphatic carbocycles. The Bertz CT molecular complexity index is 1310. The minimum absolute atomic E-state index is 0.00149. The number of carbonyl (C=O) groups is 2. The third kappa shape index (κ3) is 8.62. The highest BCUT2D eigenvalue weighted by Gasteiger charge is 2.37. The fraction of sp³-hybridized carbons (Fsp3) is 0.629. The Kier molecular flexibility index (Phi) is 11.0. The van der Waals surface area contributed by atoms with Crippen molar-refractivity contribution in [2.75, 3.05) is 18.1 Å². The molecule has 3 aliphatic rings. The summed E-state index contributed by atoms with van der Waals surface area (Å²) in [5.41, 5.74) is -0.0472. The number of aromatic nitrogens is 1. The van der Waals surface area contributed by atoms with Gasteiger partial charge in [-0.3, -0.25) is 4.79 Å². The number of pyridine rings is 1. The summed E-state index contributed by atoms with van der Waals surface area (Å²) in [4.78, 5) is 33.4. The summed E-state index contributed by atoms with van der Waals surface area (Å²) in [6.45, 7) is 7.36. The van der Waals surface area contributed by atoms with Crippen LogP contribution in [0.4, 0.5) is 5.69 Å². The maximum absolute atomic E-state index is 14.2. The number of carboxylic acid groups (broad SMARTS) is 1. The molecule has 5 rings (SSSR count). The van der Waals surface area contributed by atoms with Gasteiger partial charge in [-0.15, -0.1) is 11.3 Å². The average Bonchev–Trinajstić information content (AvgIpc) is 3.46. The third-order valence-corrected chi connectivity index (χ3v) is 10.0. The van der Waals surface area contributed by atoms with Gasteiger partial charge in [0.05, 0.1) is 28.0 Å². The molecule has 8 nitrogen and oxygen atoms in total. The van der Waals surface area contributed by atoms with E-state index in [0.717, 1.165) is 75.7 Å². The second-order valence-corrected chi connectivity index (χ2v) is 14.3. The second kappa shape index (κ2) is 14.9. The molecule has 2 aromatic rings. The highest BCUT2D eigenvalue weighted by Crippen LogP contribution is 2.39. The van der Waals surface area contributed by atoms with Crippen molar-refractivity contribution in [1.29, 1.82) is 0 Å². The molecule has 0 spiro atoms. The van der Waals surface area contributed by atoms with E-state index in [0.29, 0.717) is 41.8 Å². The van der Waals surface area contributed by atoms with Crippen LogP contribution in [0.2, 0.25) is 0 Å². The van der Waals surface area contributed by atoms with Crippen LogP contribution in [0.25, 0.3) is 0 Å². The first kappa shape index (κ1) is 32.5. The molecule has 2 saturated carbocycles. The lowest BCUT2D eigenvalue weighted by molar-refractivity contribution is -0.254. The molecule has 1 amide bonds. The number of hydrogen-bond acceptors (Lipinski definition) is 8. The molecule has 0 aromatic carbocycles. The lowest BCUT2D eigenvalue weighted by Crippen LogP contribution is -2.47. The Labute approximate surface area is 265 Å². The molecule has 0 bridgehead atoms. The van der Waals surface area contributed by atoms with Gasteiger partial charge in [0.15, 0.2) is 6.29 Å². The van der Waals surface area contributed by atoms with Gasteiger partial charge in [-0.2, -0.15) is 0 Å². The number of anilines is 1. The van der Waals surface area contributed by atoms with Crippen LogP contribution in [-0.2, 0) is 14.3 Å². The molecule has 1 unspecified atom stereocenters. The lowest BCUT2D eigenvalue weighted by Gasteiger charge is -2.39. The number of aromatic carboxylic acids is 1. The predicted molar refractivity (Wildman–Crippen MR) is 168 cm³/mol. The van der Waals surface area contributed by atoms with Gasteiger partial charge < -0.3 is 29.0 Å². The molecule has 44 heavy (non-hydrogen) atoms. The first-order chi connectivity index (χ1) is 21.2. The first-order valence-corrected chi connectivity index (χ1v) is 17.0. The van der Waals surface area contributed by atoms with E-state index < -0.39 is 11.4 Å². The molecule has 0 radical (unpaired) electrons. The van der Waals surface area contributed by atoms with E-state index >= 15 is 0 Å². The average molecular weight is 622 g/mol. The highest BCUT2D eigenvalue weighted by molar-refractivity contribution is 7.15. The molecular weight excluding hydrogens is 576 g/mol. The van der Waals surface area contributed by atoms with Crippen LogP contribution in [-0.4, -0.2) is 48.5 Å². The lowest BCUT2D eigenvalue weighted by atomic mass is 9.81. The Morgan fingerprint density at radius 3 is 2.52 bits per heavy atom. The molecule has 3 fully saturated rings. The van der Waals surface area contributed by atoms with Gasteiger partial charge in [-0.05, 0) is 103 Å². The minimum atomic E-state index is -1.28. The van der Waals surface area contributed by atoms with Gasteiger partial charge >= 0.3 is 0 Å². The number of hydrogen-bond donors (Lipinski definition) is 0. The van der Waals surface area contributed by atoms with Gasteiger partial charge in [-0.25, -0.2) is 4.98 Å². The summed E-state index contributed by atoms with van der Waals surface area (Å²) in [7, 11) is 0. The Morgan fingerprint density at radius 2 is 1.86 bits per heavy atom. The second-order valence-electron chi connectivity index (χ2n) is 13.2. The van der Waals surface area contributed by atoms with Crippen LogP contribution in [0.1, 0.15) is 106 Å². The van der Waals surface area contributed by atoms with Gasteiger partial charge in [0, 0.05) is 36.2 Å². The topological polar surface area (TPSA) is 101 Å². The standard InChI is InChI=1S/C35H46N2O6S/c1-24-10-12-25(13-11-24)33(38)37(26-14-16-27(17-15-26)43-30-8-4-6-20-36-30)29-22-28(44-32(29)34(39)40)18-19-35(2,3)23-42-31-9-5-7-21-41-31/h4,6,8,20,22,24-27,31H,5,7,9-17,21,23H2,1-3H3,(H,39,40)/p-1. The number of ether oxygens (including phenoxy) is 3. The molecule has 1 aliphatic heterocycles. The maximum Gasteiger partial charge on any atom is 0.230 e. The normalized spacial score (nSPS) is 25.8. The smallest absolute Gasteiger partial charge is 0.230 e. The third-order valence-electron chi connectivity index (χ3n) is 8.99. The highest BCUT2D eigenvalue weighted by atomic mass is 32.1. The molecule has 238 valence electrons. The fourth-order valence-corrected chi connectivity index (χ4v) is 7.22. The summed E-state index contributed by atoms with van der Waals surface area (Å²) >= 11 is 1.09. The Hall–Kier alpha value is -2.93. The van der Waals surface area contributed by atoms with Crippen molar-refractivity contribution in [2.45, 2.75) is 110 Å². The predicted octanol–water partition coefficient (Wildman–Crippen LogP) is 5.98. The molecule has 3 heterocycles. The van der Waals surface area contributed by atoms with Crippen molar-refractivity contribution in [1.82, 2.24) is 4.98 Å². The largest absolute Gasteiger partial charge is 0.544 e. The molecule has 0 N–H and O–H groups in total. The van der Waals surface area contributed by atoms with E-state index in [1.807, 2.05) is 32.0 Å². The maximum atomic E-state index is 14.2. The summed E-state index contributed by atoms with van der Waals surface area (Å²) < 4.78 is 17.8. The summed E-state index contributed by atoms with van der Waals surface area (Å²) in [5.74, 6) is 6.30. The van der Waals surface area contributed by atoms with Crippen molar-refractivity contribution in [2.24, 2.45) is 17.3 Å². The van der Waals surface area contributed by atoms with E-state index in [-0.39, 0.29) is 35.1 Å². The minimum Gasteiger partial charge on any atom is -0.544 e. The van der Waals surface area contributed by atoms with Gasteiger partial charge in [0.25, 0.3) is 0 Å². The zero-order valence-electron chi connectivity index (χ0n) is 26.2. The van der Waals surface area contributed by atoms with Crippen molar-refractivity contribution in [3.05, 3.63) is 40.2 Å². The monoisotopic (exact) mass is 621 g/mol. The molecule has 1 saturated heterocycles. The SMILES string of the molecule is CC1CCC(C(=O)N(c2cc(C#CC(C)(C)COC3CCCCO3)sc2C(=O)[O-])C2CCC(Oc3ccccn3)CC2)CC1. The zero-order valence-corrected chi connectivity index (χ0v) is 27.0. The Morgan fingerprint density at radius 1 is 1.09 bits per heavy atom. The van der Waals surface area contributed by atoms with E-state index in [4.69, 9.17) is 14.2 Å². The number of thiophene rings is 1. The number of rotatable bonds is 9. The Balaban J connectivity index is 1.36. The first-order valence-electron chi connectivity index (χ1n) is 16.2. The van der Waals surface area contributed by atoms with Crippen molar-refractivity contribution in [3.8, 4) is 17.7 Å². The molecule has 1 atom stereocenters. The van der Waals surface area contributed by atoms with Crippen LogP contribution >= 0.6 is 11.3 Å². The van der Waals surface area contributed by atoms with Crippen LogP contribution < -0.4 is 14.7 Å². The van der Waals surface area contributed by atoms with Crippen LogP contribution in [0.3, 0.4) is 0 Å². The number of carbonyl (C=O) groups excluding carboxylic acids is 2. The van der Waals surface area contributed by atoms with Gasteiger partial charge in [0.1, 0.15) is 6.10 Å². The number of amides is 1. The molecule has 9 heteroatoms. The van der Waals surface area contributed by atoms with Crippen LogP contribution in [0, 0.1) is 29.1 Å². The summed E-state index contributed by atoms with van der Waals surface area (Å²) in [5, 5.41) is 12.5. The van der Waals surface area contributed by atoms with E-state index in [9.17, 15) is 14.7 Å². The van der Waals surface area contributed by atoms with Gasteiger partial charge in [0.2, 0.25) is 11.8 Å². The zero-order chi connectivity index (χ0) is 31.1. The quantitative estimate of drug-likeness (QED) is 0.318. The number of carboxylic acids is 1. The van der Waals surface area contributed by atoms with Crippen molar-refractivity contribution >= 4 is 28.9 Å². The van der Waals surface area contributed by atoms with Crippen LogP contribution in [0.15, 0.2) is 30.5 Å². The van der Waals surface area contributed by atoms with Crippen molar-refractivity contribution in [3.63, 3.8) is 0 Å².